The number of anilines is 2. The van der Waals surface area contributed by atoms with Crippen LogP contribution >= 0.6 is 0 Å². The van der Waals surface area contributed by atoms with E-state index in [1.807, 2.05) is 112 Å². The van der Waals surface area contributed by atoms with Gasteiger partial charge in [0.1, 0.15) is 35.2 Å². The molecule has 12 heterocycles. The summed E-state index contributed by atoms with van der Waals surface area (Å²) in [6, 6.07) is 37.1. The molecule has 9 fully saturated rings. The van der Waals surface area contributed by atoms with E-state index in [0.717, 1.165) is 145 Å². The molecule has 124 heavy (non-hydrogen) atoms. The number of hydrogen-bond donors (Lipinski definition) is 9. The zero-order valence-electron chi connectivity index (χ0n) is 76.3. The number of nitrogens with two attached hydrogens (primary N) is 2. The molecule has 9 aliphatic rings. The van der Waals surface area contributed by atoms with Crippen LogP contribution in [0.4, 0.5) is 21.2 Å². The molecular weight excluding hydrogens is 1680 g/mol. The summed E-state index contributed by atoms with van der Waals surface area (Å²) in [5.41, 5.74) is 18.2. The van der Waals surface area contributed by atoms with E-state index in [9.17, 15) is 19.5 Å². The number of nitrogen functional groups attached to an aromatic ring is 1. The second kappa shape index (κ2) is 49.7. The van der Waals surface area contributed by atoms with Gasteiger partial charge in [0.25, 0.3) is 0 Å². The van der Waals surface area contributed by atoms with E-state index in [0.29, 0.717) is 58.1 Å². The molecule has 15 rings (SSSR count). The van der Waals surface area contributed by atoms with Gasteiger partial charge in [0.15, 0.2) is 29.4 Å². The van der Waals surface area contributed by atoms with Gasteiger partial charge in [-0.05, 0) is 171 Å². The number of aldehydes is 1. The van der Waals surface area contributed by atoms with Gasteiger partial charge in [-0.1, -0.05) is 91.0 Å². The Kier molecular flexibility index (Phi) is 41.7. The first-order chi connectivity index (χ1) is 57.9. The van der Waals surface area contributed by atoms with Crippen LogP contribution in [0.3, 0.4) is 0 Å². The summed E-state index contributed by atoms with van der Waals surface area (Å²) < 4.78 is 55.9. The van der Waals surface area contributed by atoms with E-state index in [2.05, 4.69) is 140 Å². The van der Waals surface area contributed by atoms with Crippen molar-refractivity contribution in [2.24, 2.45) is 5.73 Å². The number of amides is 2. The van der Waals surface area contributed by atoms with Crippen LogP contribution in [0.5, 0.6) is 0 Å². The second-order valence-electron chi connectivity index (χ2n) is 36.4. The normalized spacial score (nSPS) is 24.4. The van der Waals surface area contributed by atoms with Gasteiger partial charge in [-0.3, -0.25) is 14.7 Å². The molecule has 0 aliphatic carbocycles. The quantitative estimate of drug-likeness (QED) is 0.0173. The first kappa shape index (κ1) is 104. The fraction of sp³-hybridized carbons (Fsp3) is 0.641. The van der Waals surface area contributed by atoms with E-state index < -0.39 is 40.5 Å². The summed E-state index contributed by atoms with van der Waals surface area (Å²) in [7, 11) is 0. The van der Waals surface area contributed by atoms with Gasteiger partial charge in [-0.15, -0.1) is 0 Å². The zero-order chi connectivity index (χ0) is 88.3. The fourth-order valence-corrected chi connectivity index (χ4v) is 15.8. The van der Waals surface area contributed by atoms with Crippen molar-refractivity contribution >= 4 is 41.1 Å². The number of carbonyl (C=O) groups is 3. The molecule has 2 amide bonds. The van der Waals surface area contributed by atoms with Crippen molar-refractivity contribution in [3.05, 3.63) is 146 Å². The number of hydrogen-bond acceptors (Lipinski definition) is 28. The Hall–Kier alpha value is -6.82. The molecule has 698 valence electrons. The number of aromatic nitrogens is 4. The van der Waals surface area contributed by atoms with Crippen LogP contribution in [0, 0.1) is 7.43 Å². The molecule has 6 aromatic rings. The standard InChI is InChI=1S/C22H34N2O4.C18H23N7O2.C17H26N2O2.C15H28N2O4.C11H16N2.C6H10O3.C2H6O.CH3.Pd.H2/c1-21(2,3)28-20(25)24(15-19-16-26-22(4,5)27-19)18-11-12-23(14-18)13-17-9-7-6-8-10-17;19-18-21-4-1-14(24-18)13-8-23-17-16(13)15(2-5-20-17)25-6-3-11(9-25)22-7-12(27)10-26;1-17(2)20-13-16(21-17)10-18-15-8-9-19(12-15)11-14-6-4-3-5-7-14;1-14(2,3)21-13(18)17(11-6-7-16-8-11)9-12-10-19-15(4,5)20-12;12-11-6-7-13(9-11)8-10-4-2-1-3-5-10;1-6(2)8-4-5(3-7)9-6;1-2-3;;;/h6-10,18-19H,11-16H2,1-5H3;1-2,4-5,8,11-12,22,26-27H,3,6-7,9-10H2,(H,20,23)(H2,19,21,24);3-7,15-16,18H,8-13H2,1-2H3;11-12,16H,6-10H2,1-5H3;1-5,11H,6-9,12H2;3,5H,4H2,1-2H3;3H,2H2,1H3;1H3;;1H/q;;;;;;;-1;;/t18-,19-;11-,12-;15-,16-;11-,12-;11-;5-;;;;/m000000..../s1. The maximum absolute atomic E-state index is 12.9. The van der Waals surface area contributed by atoms with Gasteiger partial charge in [-0.25, -0.2) is 24.5 Å². The summed E-state index contributed by atoms with van der Waals surface area (Å²) in [4.78, 5) is 64.7. The van der Waals surface area contributed by atoms with Crippen LogP contribution in [0.2, 0.25) is 0 Å². The maximum Gasteiger partial charge on any atom is 0.410 e. The topological polar surface area (TPSA) is 366 Å². The molecule has 3 aromatic heterocycles. The smallest absolute Gasteiger partial charge is 0.410 e. The fourth-order valence-electron chi connectivity index (χ4n) is 15.8. The van der Waals surface area contributed by atoms with E-state index in [1.54, 1.807) is 38.1 Å². The number of ether oxygens (including phenoxy) is 10. The minimum atomic E-state index is -0.730. The van der Waals surface area contributed by atoms with Crippen molar-refractivity contribution in [1.29, 1.82) is 0 Å². The third-order valence-corrected chi connectivity index (χ3v) is 21.5. The van der Waals surface area contributed by atoms with Gasteiger partial charge in [-0.2, -0.15) is 0 Å². The predicted octanol–water partition coefficient (Wildman–Crippen LogP) is 9.76. The molecule has 11 N–H and O–H groups in total. The molecule has 3 aromatic carbocycles. The van der Waals surface area contributed by atoms with E-state index in [1.165, 1.54) is 29.7 Å². The average molecular weight is 1830 g/mol. The number of aromatic amines is 1. The number of fused-ring (bicyclic) bond motifs is 1. The summed E-state index contributed by atoms with van der Waals surface area (Å²) in [6.45, 7) is 45.2. The van der Waals surface area contributed by atoms with Crippen molar-refractivity contribution in [2.45, 2.75) is 251 Å². The Morgan fingerprint density at radius 1 is 0.621 bits per heavy atom. The Morgan fingerprint density at radius 2 is 1.10 bits per heavy atom. The summed E-state index contributed by atoms with van der Waals surface area (Å²) in [5, 5.41) is 37.3. The Morgan fingerprint density at radius 3 is 1.56 bits per heavy atom. The van der Waals surface area contributed by atoms with Crippen LogP contribution in [-0.2, 0) is 92.2 Å². The molecule has 0 unspecified atom stereocenters. The second-order valence-corrected chi connectivity index (χ2v) is 36.4. The number of pyridine rings is 1. The number of aliphatic hydroxyl groups is 3. The first-order valence-electron chi connectivity index (χ1n) is 43.6. The number of carbonyl (C=O) groups excluding carboxylic acids is 3. The van der Waals surface area contributed by atoms with Crippen molar-refractivity contribution < 1.29 is 98.9 Å². The molecule has 31 nitrogen and oxygen atoms in total. The number of nitrogens with one attached hydrogen (secondary N) is 4. The maximum atomic E-state index is 12.9. The Bertz CT molecular complexity index is 4080. The van der Waals surface area contributed by atoms with Crippen molar-refractivity contribution in [3.8, 4) is 11.3 Å². The third-order valence-electron chi connectivity index (χ3n) is 21.5. The van der Waals surface area contributed by atoms with Gasteiger partial charge in [0, 0.05) is 174 Å². The number of benzene rings is 3. The number of nitrogens with zero attached hydrogens (tertiary/aromatic N) is 9. The summed E-state index contributed by atoms with van der Waals surface area (Å²) >= 11 is 0. The minimum Gasteiger partial charge on any atom is -0.444 e. The first-order valence-corrected chi connectivity index (χ1v) is 43.6. The van der Waals surface area contributed by atoms with Gasteiger partial charge < -0.3 is 122 Å². The third kappa shape index (κ3) is 35.7. The molecule has 0 bridgehead atoms. The van der Waals surface area contributed by atoms with Crippen LogP contribution < -0.4 is 32.3 Å². The number of H-pyrrole nitrogens is 1. The van der Waals surface area contributed by atoms with E-state index >= 15 is 0 Å². The molecule has 9 saturated heterocycles. The average Bonchev–Trinajstić information content (AvgIpc) is 1.62. The van der Waals surface area contributed by atoms with Gasteiger partial charge >= 0.3 is 12.2 Å². The molecule has 9 aliphatic heterocycles. The molecule has 32 heteroatoms. The molecular formula is C92H148N15O16Pd-. The van der Waals surface area contributed by atoms with Crippen LogP contribution in [0.25, 0.3) is 22.3 Å². The van der Waals surface area contributed by atoms with E-state index in [-0.39, 0.29) is 103 Å². The number of likely N-dealkylation sites (tertiary alicyclic amines) is 3. The zero-order valence-corrected chi connectivity index (χ0v) is 77.9. The number of aliphatic hydroxyl groups excluding tert-OH is 3. The molecule has 0 saturated carbocycles. The summed E-state index contributed by atoms with van der Waals surface area (Å²) in [5.74, 6) is -1.91. The van der Waals surface area contributed by atoms with Gasteiger partial charge in [0.2, 0.25) is 5.95 Å². The van der Waals surface area contributed by atoms with Crippen LogP contribution in [-0.4, -0.2) is 305 Å². The Labute approximate surface area is 751 Å². The number of rotatable bonds is 22. The summed E-state index contributed by atoms with van der Waals surface area (Å²) in [6.07, 6.45) is 9.60. The van der Waals surface area contributed by atoms with E-state index in [4.69, 9.17) is 69.0 Å². The monoisotopic (exact) mass is 1830 g/mol. The SMILES string of the molecule is CC(C)(C)OC(=O)N(C[C@H]1COC(C)(C)O1)[C@H]1CCN(Cc2ccccc2)C1.CC(C)(C)OC(=O)N(C[C@H]1COC(C)(C)O1)[C@H]1CCNC1.CC1(C)OC[C@H](C=O)O1.CC1(C)OC[C@H](CN[C@H]2CCN(Cc3ccccc3)C2)O1.CCO.N[C@H]1CCN(Cc2ccccc2)C1.Nc1nccc(-c2c[nH]c3nccc(N4CC[C@H](NC[C@H](O)CO)C4)c23)n1.[CH3-].[HH].[Pd]. The van der Waals surface area contributed by atoms with Crippen molar-refractivity contribution in [1.82, 2.24) is 60.4 Å². The van der Waals surface area contributed by atoms with Crippen molar-refractivity contribution in [3.63, 3.8) is 0 Å². The predicted molar refractivity (Wildman–Crippen MR) is 480 cm³/mol. The van der Waals surface area contributed by atoms with Crippen LogP contribution in [0.15, 0.2) is 122 Å². The molecule has 0 radical (unpaired) electrons. The Balaban J connectivity index is 0.000000235. The minimum absolute atomic E-state index is 0. The largest absolute Gasteiger partial charge is 0.444 e. The van der Waals surface area contributed by atoms with Gasteiger partial charge in [0.05, 0.1) is 75.1 Å². The van der Waals surface area contributed by atoms with Crippen molar-refractivity contribution in [2.75, 3.05) is 142 Å². The molecule has 0 spiro atoms. The molecule has 10 atom stereocenters. The van der Waals surface area contributed by atoms with Crippen LogP contribution in [0.1, 0.15) is 154 Å².